The number of carbonyl (C=O) groups is 1. The van der Waals surface area contributed by atoms with Crippen LogP contribution in [0.1, 0.15) is 18.9 Å². The van der Waals surface area contributed by atoms with E-state index in [-0.39, 0.29) is 18.6 Å². The number of aryl methyl sites for hydroxylation is 1. The van der Waals surface area contributed by atoms with Gasteiger partial charge in [-0.3, -0.25) is 4.79 Å². The van der Waals surface area contributed by atoms with Crippen LogP contribution in [0.3, 0.4) is 0 Å². The zero-order chi connectivity index (χ0) is 18.4. The SMILES string of the molecule is C[C@@H](CCc1ccccc1)NC(=O)COc1ccc2ccccc2c1Br. The monoisotopic (exact) mass is 411 g/mol. The van der Waals surface area contributed by atoms with E-state index >= 15 is 0 Å². The van der Waals surface area contributed by atoms with E-state index in [1.165, 1.54) is 5.56 Å². The molecular formula is C22H22BrNO2. The average molecular weight is 412 g/mol. The van der Waals surface area contributed by atoms with E-state index in [0.29, 0.717) is 5.75 Å². The first-order valence-electron chi connectivity index (χ1n) is 8.77. The second kappa shape index (κ2) is 8.86. The van der Waals surface area contributed by atoms with Crippen molar-refractivity contribution in [2.45, 2.75) is 25.8 Å². The molecule has 1 amide bonds. The molecule has 134 valence electrons. The molecule has 0 saturated carbocycles. The lowest BCUT2D eigenvalue weighted by Gasteiger charge is -2.15. The molecule has 3 rings (SSSR count). The first-order valence-corrected chi connectivity index (χ1v) is 9.56. The Morgan fingerprint density at radius 2 is 1.77 bits per heavy atom. The number of hydrogen-bond acceptors (Lipinski definition) is 2. The molecule has 0 aromatic heterocycles. The molecule has 4 heteroatoms. The Balaban J connectivity index is 1.50. The maximum atomic E-state index is 12.2. The van der Waals surface area contributed by atoms with E-state index in [0.717, 1.165) is 28.1 Å². The van der Waals surface area contributed by atoms with Crippen molar-refractivity contribution in [3.05, 3.63) is 76.8 Å². The Morgan fingerprint density at radius 3 is 2.58 bits per heavy atom. The molecule has 0 bridgehead atoms. The van der Waals surface area contributed by atoms with E-state index in [4.69, 9.17) is 4.74 Å². The van der Waals surface area contributed by atoms with Gasteiger partial charge in [-0.05, 0) is 58.1 Å². The van der Waals surface area contributed by atoms with Gasteiger partial charge in [0.05, 0.1) is 4.47 Å². The Hall–Kier alpha value is -2.33. The highest BCUT2D eigenvalue weighted by atomic mass is 79.9. The summed E-state index contributed by atoms with van der Waals surface area (Å²) in [5, 5.41) is 5.20. The summed E-state index contributed by atoms with van der Waals surface area (Å²) in [5.41, 5.74) is 1.28. The van der Waals surface area contributed by atoms with Crippen molar-refractivity contribution in [1.82, 2.24) is 5.32 Å². The molecule has 26 heavy (non-hydrogen) atoms. The topological polar surface area (TPSA) is 38.3 Å². The molecule has 3 aromatic carbocycles. The minimum atomic E-state index is -0.106. The number of halogens is 1. The van der Waals surface area contributed by atoms with Gasteiger partial charge in [0.2, 0.25) is 0 Å². The number of benzene rings is 3. The molecule has 0 saturated heterocycles. The first-order chi connectivity index (χ1) is 12.6. The Morgan fingerprint density at radius 1 is 1.04 bits per heavy atom. The summed E-state index contributed by atoms with van der Waals surface area (Å²) >= 11 is 3.58. The maximum absolute atomic E-state index is 12.2. The minimum Gasteiger partial charge on any atom is -0.483 e. The predicted octanol–water partition coefficient (Wildman–Crippen LogP) is 5.12. The predicted molar refractivity (Wildman–Crippen MR) is 110 cm³/mol. The van der Waals surface area contributed by atoms with Crippen molar-refractivity contribution in [2.75, 3.05) is 6.61 Å². The summed E-state index contributed by atoms with van der Waals surface area (Å²) in [6.45, 7) is 2.03. The zero-order valence-electron chi connectivity index (χ0n) is 14.7. The smallest absolute Gasteiger partial charge is 0.258 e. The summed E-state index contributed by atoms with van der Waals surface area (Å²) in [4.78, 5) is 12.2. The van der Waals surface area contributed by atoms with Gasteiger partial charge >= 0.3 is 0 Å². The van der Waals surface area contributed by atoms with Crippen LogP contribution in [-0.2, 0) is 11.2 Å². The number of nitrogens with one attached hydrogen (secondary N) is 1. The highest BCUT2D eigenvalue weighted by Gasteiger charge is 2.11. The third-order valence-corrected chi connectivity index (χ3v) is 5.12. The molecule has 1 N–H and O–H groups in total. The normalized spacial score (nSPS) is 11.9. The lowest BCUT2D eigenvalue weighted by molar-refractivity contribution is -0.123. The van der Waals surface area contributed by atoms with Crippen molar-refractivity contribution >= 4 is 32.6 Å². The number of ether oxygens (including phenoxy) is 1. The molecule has 1 atom stereocenters. The van der Waals surface area contributed by atoms with Crippen molar-refractivity contribution < 1.29 is 9.53 Å². The molecule has 0 aliphatic carbocycles. The van der Waals surface area contributed by atoms with Gasteiger partial charge in [0.25, 0.3) is 5.91 Å². The van der Waals surface area contributed by atoms with Gasteiger partial charge in [0.15, 0.2) is 6.61 Å². The lowest BCUT2D eigenvalue weighted by Crippen LogP contribution is -2.36. The van der Waals surface area contributed by atoms with E-state index in [2.05, 4.69) is 33.4 Å². The molecule has 0 aliphatic rings. The van der Waals surface area contributed by atoms with Gasteiger partial charge in [-0.1, -0.05) is 60.7 Å². The number of carbonyl (C=O) groups excluding carboxylic acids is 1. The van der Waals surface area contributed by atoms with Gasteiger partial charge in [0, 0.05) is 6.04 Å². The van der Waals surface area contributed by atoms with Crippen molar-refractivity contribution in [3.8, 4) is 5.75 Å². The number of rotatable bonds is 7. The minimum absolute atomic E-state index is 0.00656. The Kier molecular flexibility index (Phi) is 6.29. The molecular weight excluding hydrogens is 390 g/mol. The van der Waals surface area contributed by atoms with Crippen LogP contribution in [0.2, 0.25) is 0 Å². The van der Waals surface area contributed by atoms with E-state index in [9.17, 15) is 4.79 Å². The fourth-order valence-corrected chi connectivity index (χ4v) is 3.49. The van der Waals surface area contributed by atoms with Crippen LogP contribution in [-0.4, -0.2) is 18.6 Å². The zero-order valence-corrected chi connectivity index (χ0v) is 16.3. The van der Waals surface area contributed by atoms with Gasteiger partial charge in [-0.2, -0.15) is 0 Å². The molecule has 0 aliphatic heterocycles. The molecule has 0 radical (unpaired) electrons. The van der Waals surface area contributed by atoms with Crippen LogP contribution < -0.4 is 10.1 Å². The van der Waals surface area contributed by atoms with Gasteiger partial charge < -0.3 is 10.1 Å². The number of amides is 1. The first kappa shape index (κ1) is 18.5. The molecule has 0 spiro atoms. The van der Waals surface area contributed by atoms with Crippen LogP contribution in [0.25, 0.3) is 10.8 Å². The lowest BCUT2D eigenvalue weighted by atomic mass is 10.1. The Labute approximate surface area is 162 Å². The number of fused-ring (bicyclic) bond motifs is 1. The number of hydrogen-bond donors (Lipinski definition) is 1. The third kappa shape index (κ3) is 4.85. The van der Waals surface area contributed by atoms with Gasteiger partial charge in [-0.15, -0.1) is 0 Å². The average Bonchev–Trinajstić information content (AvgIpc) is 2.67. The van der Waals surface area contributed by atoms with Gasteiger partial charge in [0.1, 0.15) is 5.75 Å². The van der Waals surface area contributed by atoms with Crippen LogP contribution in [0.15, 0.2) is 71.2 Å². The standard InChI is InChI=1S/C22H22BrNO2/c1-16(11-12-17-7-3-2-4-8-17)24-21(25)15-26-20-14-13-18-9-5-6-10-19(18)22(20)23/h2-10,13-14,16H,11-12,15H2,1H3,(H,24,25)/t16-/m0/s1. The second-order valence-corrected chi connectivity index (χ2v) is 7.17. The molecule has 0 unspecified atom stereocenters. The van der Waals surface area contributed by atoms with Crippen LogP contribution >= 0.6 is 15.9 Å². The summed E-state index contributed by atoms with van der Waals surface area (Å²) in [7, 11) is 0. The largest absolute Gasteiger partial charge is 0.483 e. The molecule has 0 fully saturated rings. The van der Waals surface area contributed by atoms with E-state index in [1.807, 2.05) is 61.5 Å². The van der Waals surface area contributed by atoms with Crippen LogP contribution in [0.5, 0.6) is 5.75 Å². The van der Waals surface area contributed by atoms with Gasteiger partial charge in [-0.25, -0.2) is 0 Å². The summed E-state index contributed by atoms with van der Waals surface area (Å²) in [6.07, 6.45) is 1.84. The summed E-state index contributed by atoms with van der Waals surface area (Å²) in [6, 6.07) is 22.3. The fourth-order valence-electron chi connectivity index (χ4n) is 2.88. The van der Waals surface area contributed by atoms with Crippen molar-refractivity contribution in [2.24, 2.45) is 0 Å². The molecule has 3 nitrogen and oxygen atoms in total. The second-order valence-electron chi connectivity index (χ2n) is 6.38. The third-order valence-electron chi connectivity index (χ3n) is 4.30. The van der Waals surface area contributed by atoms with E-state index < -0.39 is 0 Å². The van der Waals surface area contributed by atoms with E-state index in [1.54, 1.807) is 0 Å². The summed E-state index contributed by atoms with van der Waals surface area (Å²) < 4.78 is 6.59. The molecule has 0 heterocycles. The van der Waals surface area contributed by atoms with Crippen molar-refractivity contribution in [3.63, 3.8) is 0 Å². The fraction of sp³-hybridized carbons (Fsp3) is 0.227. The Bertz CT molecular complexity index is 880. The highest BCUT2D eigenvalue weighted by Crippen LogP contribution is 2.32. The van der Waals surface area contributed by atoms with Crippen LogP contribution in [0.4, 0.5) is 0 Å². The highest BCUT2D eigenvalue weighted by molar-refractivity contribution is 9.10. The summed E-state index contributed by atoms with van der Waals surface area (Å²) in [5.74, 6) is 0.571. The maximum Gasteiger partial charge on any atom is 0.258 e. The van der Waals surface area contributed by atoms with Crippen molar-refractivity contribution in [1.29, 1.82) is 0 Å². The molecule has 3 aromatic rings. The van der Waals surface area contributed by atoms with Crippen LogP contribution in [0, 0.1) is 0 Å². The quantitative estimate of drug-likeness (QED) is 0.585.